The molecule has 2 amide bonds. The number of hydrogen-bond acceptors (Lipinski definition) is 5. The van der Waals surface area contributed by atoms with Gasteiger partial charge in [0.15, 0.2) is 0 Å². The average molecular weight is 742 g/mol. The van der Waals surface area contributed by atoms with E-state index in [1.807, 2.05) is 73.7 Å². The van der Waals surface area contributed by atoms with Gasteiger partial charge in [0, 0.05) is 6.54 Å². The highest BCUT2D eigenvalue weighted by atomic mass is 127. The van der Waals surface area contributed by atoms with Crippen molar-refractivity contribution in [3.63, 3.8) is 0 Å². The molecule has 2 atom stereocenters. The van der Waals surface area contributed by atoms with Crippen LogP contribution < -0.4 is 5.32 Å². The Labute approximate surface area is 277 Å². The number of hydrazone groups is 1. The highest BCUT2D eigenvalue weighted by Crippen LogP contribution is 2.51. The molecule has 1 N–H and O–H groups in total. The van der Waals surface area contributed by atoms with Crippen LogP contribution in [-0.4, -0.2) is 51.3 Å². The van der Waals surface area contributed by atoms with E-state index in [0.29, 0.717) is 30.5 Å². The molecule has 1 aliphatic rings. The summed E-state index contributed by atoms with van der Waals surface area (Å²) in [6.07, 6.45) is -1.26. The molecule has 1 aliphatic carbocycles. The number of benzene rings is 2. The number of esters is 1. The summed E-state index contributed by atoms with van der Waals surface area (Å²) in [5.41, 5.74) is 1.37. The molecule has 1 fully saturated rings. The number of carbonyl (C=O) groups is 3. The first-order valence-electron chi connectivity index (χ1n) is 15.2. The first-order chi connectivity index (χ1) is 21.1. The van der Waals surface area contributed by atoms with Gasteiger partial charge in [-0.05, 0) is 70.1 Å². The maximum absolute atomic E-state index is 13.9. The number of nitrogens with one attached hydrogen (secondary N) is 1. The fraction of sp³-hybridized carbons (Fsp3) is 0.529. The van der Waals surface area contributed by atoms with Gasteiger partial charge in [0.25, 0.3) is 5.91 Å². The maximum atomic E-state index is 13.9. The van der Waals surface area contributed by atoms with E-state index in [4.69, 9.17) is 4.74 Å². The van der Waals surface area contributed by atoms with E-state index in [1.54, 1.807) is 19.1 Å². The molecule has 1 saturated carbocycles. The predicted octanol–water partition coefficient (Wildman–Crippen LogP) is 7.56. The number of hydrogen-bond donors (Lipinski definition) is 1. The highest BCUT2D eigenvalue weighted by molar-refractivity contribution is 14.1. The average Bonchev–Trinajstić information content (AvgIpc) is 3.77. The summed E-state index contributed by atoms with van der Waals surface area (Å²) in [7, 11) is 0. The van der Waals surface area contributed by atoms with Gasteiger partial charge in [0.1, 0.15) is 5.60 Å². The standard InChI is InChI=1S/C34H43F3IN3O4/c1-23(34(35,36)37)29(30(43)39-20-10-9-17-33(18-19-33)31(44)45-32(3,4)5)27-15-13-25(14-16-27)22-41(28(42)21-38)40-24(2)26-11-7-6-8-12-26/h6-8,11-16,23,29H,9-10,17-22H2,1-5H3,(H,39,43)/b40-24+. The number of unbranched alkanes of at least 4 members (excludes halogenated alkanes) is 1. The van der Waals surface area contributed by atoms with Crippen molar-refractivity contribution >= 4 is 46.1 Å². The maximum Gasteiger partial charge on any atom is 0.392 e. The summed E-state index contributed by atoms with van der Waals surface area (Å²) in [5.74, 6) is -4.48. The van der Waals surface area contributed by atoms with Crippen LogP contribution in [-0.2, 0) is 25.7 Å². The molecule has 0 bridgehead atoms. The van der Waals surface area contributed by atoms with E-state index in [9.17, 15) is 27.6 Å². The number of amides is 2. The van der Waals surface area contributed by atoms with Gasteiger partial charge in [0.05, 0.1) is 33.9 Å². The molecule has 246 valence electrons. The minimum atomic E-state index is -4.58. The molecule has 2 unspecified atom stereocenters. The van der Waals surface area contributed by atoms with Gasteiger partial charge in [-0.15, -0.1) is 0 Å². The second-order valence-electron chi connectivity index (χ2n) is 12.7. The lowest BCUT2D eigenvalue weighted by atomic mass is 9.85. The molecule has 0 aliphatic heterocycles. The Kier molecular flexibility index (Phi) is 12.6. The van der Waals surface area contributed by atoms with Crippen molar-refractivity contribution in [3.05, 3.63) is 71.3 Å². The summed E-state index contributed by atoms with van der Waals surface area (Å²) < 4.78 is 47.4. The molecular formula is C34H43F3IN3O4. The Morgan fingerprint density at radius 1 is 1.02 bits per heavy atom. The fourth-order valence-corrected chi connectivity index (χ4v) is 5.42. The van der Waals surface area contributed by atoms with Gasteiger partial charge in [-0.2, -0.15) is 18.3 Å². The van der Waals surface area contributed by atoms with Crippen molar-refractivity contribution in [2.24, 2.45) is 16.4 Å². The van der Waals surface area contributed by atoms with Gasteiger partial charge in [-0.25, -0.2) is 5.01 Å². The van der Waals surface area contributed by atoms with Crippen molar-refractivity contribution in [1.82, 2.24) is 10.3 Å². The summed E-state index contributed by atoms with van der Waals surface area (Å²) in [5, 5.41) is 8.55. The van der Waals surface area contributed by atoms with Crippen molar-refractivity contribution in [3.8, 4) is 0 Å². The summed E-state index contributed by atoms with van der Waals surface area (Å²) in [4.78, 5) is 38.4. The largest absolute Gasteiger partial charge is 0.460 e. The SMILES string of the molecule is C/C(=N\N(Cc1ccc(C(C(=O)NCCCCC2(C(=O)OC(C)(C)C)CC2)C(C)C(F)(F)F)cc1)C(=O)CI)c1ccccc1. The third kappa shape index (κ3) is 10.8. The molecule has 0 saturated heterocycles. The van der Waals surface area contributed by atoms with Crippen LogP contribution >= 0.6 is 22.6 Å². The van der Waals surface area contributed by atoms with E-state index < -0.39 is 34.9 Å². The third-order valence-corrected chi connectivity index (χ3v) is 8.55. The summed E-state index contributed by atoms with van der Waals surface area (Å²) in [6.45, 7) is 8.63. The van der Waals surface area contributed by atoms with Crippen LogP contribution in [0.1, 0.15) is 89.3 Å². The van der Waals surface area contributed by atoms with E-state index in [0.717, 1.165) is 25.3 Å². The van der Waals surface area contributed by atoms with Gasteiger partial charge >= 0.3 is 12.1 Å². The van der Waals surface area contributed by atoms with Crippen LogP contribution in [0.5, 0.6) is 0 Å². The number of halogens is 4. The van der Waals surface area contributed by atoms with Crippen LogP contribution in [0.3, 0.4) is 0 Å². The second kappa shape index (κ2) is 15.6. The Morgan fingerprint density at radius 3 is 2.18 bits per heavy atom. The fourth-order valence-electron chi connectivity index (χ4n) is 5.03. The zero-order valence-electron chi connectivity index (χ0n) is 26.5. The molecular weight excluding hydrogens is 698 g/mol. The molecule has 45 heavy (non-hydrogen) atoms. The lowest BCUT2D eigenvalue weighted by Crippen LogP contribution is -2.38. The number of rotatable bonds is 14. The molecule has 0 heterocycles. The molecule has 2 aromatic carbocycles. The minimum absolute atomic E-state index is 0.128. The summed E-state index contributed by atoms with van der Waals surface area (Å²) >= 11 is 1.97. The van der Waals surface area contributed by atoms with Crippen LogP contribution in [0.25, 0.3) is 0 Å². The molecule has 3 rings (SSSR count). The van der Waals surface area contributed by atoms with E-state index in [-0.39, 0.29) is 35.0 Å². The lowest BCUT2D eigenvalue weighted by Gasteiger charge is -2.26. The van der Waals surface area contributed by atoms with Crippen LogP contribution in [0.15, 0.2) is 59.7 Å². The zero-order valence-corrected chi connectivity index (χ0v) is 28.7. The highest BCUT2D eigenvalue weighted by Gasteiger charge is 2.51. The normalized spacial score (nSPS) is 16.0. The van der Waals surface area contributed by atoms with Crippen molar-refractivity contribution < 1.29 is 32.3 Å². The van der Waals surface area contributed by atoms with Crippen molar-refractivity contribution in [1.29, 1.82) is 0 Å². The Balaban J connectivity index is 1.66. The van der Waals surface area contributed by atoms with Gasteiger partial charge in [-0.3, -0.25) is 14.4 Å². The van der Waals surface area contributed by atoms with E-state index in [1.165, 1.54) is 17.1 Å². The number of nitrogens with zero attached hydrogens (tertiary/aromatic N) is 2. The Morgan fingerprint density at radius 2 is 1.64 bits per heavy atom. The first-order valence-corrected chi connectivity index (χ1v) is 16.7. The lowest BCUT2D eigenvalue weighted by molar-refractivity contribution is -0.179. The van der Waals surface area contributed by atoms with Crippen LogP contribution in [0.2, 0.25) is 0 Å². The van der Waals surface area contributed by atoms with Crippen molar-refractivity contribution in [2.75, 3.05) is 11.0 Å². The smallest absolute Gasteiger partial charge is 0.392 e. The topological polar surface area (TPSA) is 88.1 Å². The number of carbonyl (C=O) groups excluding carboxylic acids is 3. The van der Waals surface area contributed by atoms with Gasteiger partial charge < -0.3 is 10.1 Å². The van der Waals surface area contributed by atoms with Gasteiger partial charge in [0.2, 0.25) is 5.91 Å². The summed E-state index contributed by atoms with van der Waals surface area (Å²) in [6, 6.07) is 15.7. The number of ether oxygens (including phenoxy) is 1. The predicted molar refractivity (Wildman–Crippen MR) is 177 cm³/mol. The zero-order chi connectivity index (χ0) is 33.4. The minimum Gasteiger partial charge on any atom is -0.460 e. The van der Waals surface area contributed by atoms with E-state index in [2.05, 4.69) is 10.4 Å². The van der Waals surface area contributed by atoms with E-state index >= 15 is 0 Å². The molecule has 2 aromatic rings. The van der Waals surface area contributed by atoms with Crippen LogP contribution in [0, 0.1) is 11.3 Å². The quantitative estimate of drug-likeness (QED) is 0.0541. The molecule has 0 aromatic heterocycles. The first kappa shape index (κ1) is 36.5. The second-order valence-corrected chi connectivity index (χ2v) is 13.5. The Hall–Kier alpha value is -2.96. The van der Waals surface area contributed by atoms with Crippen molar-refractivity contribution in [2.45, 2.75) is 91.0 Å². The molecule has 0 radical (unpaired) electrons. The third-order valence-electron chi connectivity index (χ3n) is 7.90. The Bertz CT molecular complexity index is 1340. The van der Waals surface area contributed by atoms with Gasteiger partial charge in [-0.1, -0.05) is 90.5 Å². The molecule has 0 spiro atoms. The monoisotopic (exact) mass is 741 g/mol. The molecule has 7 nitrogen and oxygen atoms in total. The molecule has 11 heteroatoms. The van der Waals surface area contributed by atoms with Crippen LogP contribution in [0.4, 0.5) is 13.2 Å². The number of alkyl halides is 4.